The number of nitrogens with one attached hydrogen (secondary N) is 2. The molecule has 1 heterocycles. The summed E-state index contributed by atoms with van der Waals surface area (Å²) in [6, 6.07) is 0. The van der Waals surface area contributed by atoms with Crippen molar-refractivity contribution in [2.45, 2.75) is 58.9 Å². The van der Waals surface area contributed by atoms with Crippen molar-refractivity contribution in [2.24, 2.45) is 4.99 Å². The molecule has 0 spiro atoms. The van der Waals surface area contributed by atoms with Gasteiger partial charge < -0.3 is 15.5 Å². The molecule has 0 radical (unpaired) electrons. The molecule has 120 valence electrons. The fourth-order valence-electron chi connectivity index (χ4n) is 2.31. The van der Waals surface area contributed by atoms with Gasteiger partial charge in [0, 0.05) is 18.6 Å². The Morgan fingerprint density at radius 1 is 1.15 bits per heavy atom. The maximum Gasteiger partial charge on any atom is 0.191 e. The van der Waals surface area contributed by atoms with Crippen LogP contribution in [-0.2, 0) is 0 Å². The number of unbranched alkanes of at least 4 members (excludes halogenated alkanes) is 1. The average Bonchev–Trinajstić information content (AvgIpc) is 2.79. The molecule has 20 heavy (non-hydrogen) atoms. The predicted molar refractivity (Wildman–Crippen MR) is 99.2 cm³/mol. The van der Waals surface area contributed by atoms with Crippen molar-refractivity contribution in [3.63, 3.8) is 0 Å². The maximum atomic E-state index is 4.64. The van der Waals surface area contributed by atoms with E-state index >= 15 is 0 Å². The molecule has 0 saturated carbocycles. The minimum atomic E-state index is 0. The van der Waals surface area contributed by atoms with Crippen LogP contribution >= 0.6 is 24.0 Å². The third-order valence-electron chi connectivity index (χ3n) is 3.19. The van der Waals surface area contributed by atoms with Gasteiger partial charge in [-0.3, -0.25) is 4.99 Å². The zero-order valence-electron chi connectivity index (χ0n) is 13.7. The molecule has 2 N–H and O–H groups in total. The van der Waals surface area contributed by atoms with Crippen LogP contribution in [0.1, 0.15) is 53.4 Å². The summed E-state index contributed by atoms with van der Waals surface area (Å²) >= 11 is 0. The number of likely N-dealkylation sites (tertiary alicyclic amines) is 1. The van der Waals surface area contributed by atoms with E-state index in [1.807, 2.05) is 0 Å². The molecule has 0 aromatic heterocycles. The van der Waals surface area contributed by atoms with Crippen molar-refractivity contribution in [3.05, 3.63) is 0 Å². The Balaban J connectivity index is 0.00000361. The van der Waals surface area contributed by atoms with Crippen LogP contribution in [0.5, 0.6) is 0 Å². The Kier molecular flexibility index (Phi) is 10.6. The lowest BCUT2D eigenvalue weighted by molar-refractivity contribution is 0.331. The lowest BCUT2D eigenvalue weighted by Gasteiger charge is -2.23. The highest BCUT2D eigenvalue weighted by Gasteiger charge is 2.12. The molecule has 1 aliphatic rings. The first-order valence-electron chi connectivity index (χ1n) is 7.80. The van der Waals surface area contributed by atoms with E-state index < -0.39 is 0 Å². The molecule has 0 unspecified atom stereocenters. The van der Waals surface area contributed by atoms with E-state index in [9.17, 15) is 0 Å². The van der Waals surface area contributed by atoms with E-state index in [1.165, 1.54) is 45.3 Å². The fourth-order valence-corrected chi connectivity index (χ4v) is 2.31. The summed E-state index contributed by atoms with van der Waals surface area (Å²) in [6.07, 6.45) is 5.21. The van der Waals surface area contributed by atoms with Gasteiger partial charge in [-0.15, -0.1) is 24.0 Å². The van der Waals surface area contributed by atoms with Gasteiger partial charge in [0.05, 0.1) is 0 Å². The Bertz CT molecular complexity index is 268. The molecule has 0 aromatic carbocycles. The monoisotopic (exact) mass is 396 g/mol. The minimum absolute atomic E-state index is 0. The van der Waals surface area contributed by atoms with Crippen LogP contribution in [0.25, 0.3) is 0 Å². The van der Waals surface area contributed by atoms with Crippen LogP contribution in [-0.4, -0.2) is 49.1 Å². The number of hydrogen-bond donors (Lipinski definition) is 2. The van der Waals surface area contributed by atoms with Crippen molar-refractivity contribution < 1.29 is 0 Å². The molecule has 1 fully saturated rings. The van der Waals surface area contributed by atoms with Gasteiger partial charge in [0.25, 0.3) is 0 Å². The Hall–Kier alpha value is -0.0400. The van der Waals surface area contributed by atoms with E-state index in [-0.39, 0.29) is 29.5 Å². The van der Waals surface area contributed by atoms with Crippen molar-refractivity contribution in [1.82, 2.24) is 15.5 Å². The van der Waals surface area contributed by atoms with Crippen LogP contribution in [0.4, 0.5) is 0 Å². The van der Waals surface area contributed by atoms with Gasteiger partial charge in [0.15, 0.2) is 5.96 Å². The zero-order valence-corrected chi connectivity index (χ0v) is 16.0. The smallest absolute Gasteiger partial charge is 0.191 e. The van der Waals surface area contributed by atoms with Crippen LogP contribution < -0.4 is 10.6 Å². The summed E-state index contributed by atoms with van der Waals surface area (Å²) in [7, 11) is 0. The molecule has 0 aromatic rings. The number of nitrogens with zero attached hydrogens (tertiary/aromatic N) is 2. The van der Waals surface area contributed by atoms with E-state index in [0.29, 0.717) is 0 Å². The first-order chi connectivity index (χ1) is 9.01. The van der Waals surface area contributed by atoms with Gasteiger partial charge in [-0.05, 0) is 73.0 Å². The number of aliphatic imine (C=N–C) groups is 1. The molecule has 0 amide bonds. The van der Waals surface area contributed by atoms with Crippen molar-refractivity contribution in [3.8, 4) is 0 Å². The van der Waals surface area contributed by atoms with Crippen LogP contribution in [0, 0.1) is 0 Å². The van der Waals surface area contributed by atoms with E-state index in [2.05, 4.69) is 48.2 Å². The standard InChI is InChI=1S/C15H32N4.HI/c1-5-16-14(18-15(2,3)4)17-10-6-7-11-19-12-8-9-13-19;/h5-13H2,1-4H3,(H2,16,17,18);1H. The second-order valence-electron chi connectivity index (χ2n) is 6.39. The molecule has 0 atom stereocenters. The molecule has 1 saturated heterocycles. The highest BCUT2D eigenvalue weighted by molar-refractivity contribution is 14.0. The molecular weight excluding hydrogens is 363 g/mol. The number of hydrogen-bond acceptors (Lipinski definition) is 2. The summed E-state index contributed by atoms with van der Waals surface area (Å²) < 4.78 is 0. The second-order valence-corrected chi connectivity index (χ2v) is 6.39. The van der Waals surface area contributed by atoms with Crippen LogP contribution in [0.3, 0.4) is 0 Å². The lowest BCUT2D eigenvalue weighted by atomic mass is 10.1. The van der Waals surface area contributed by atoms with Crippen LogP contribution in [0.15, 0.2) is 4.99 Å². The van der Waals surface area contributed by atoms with Crippen molar-refractivity contribution in [2.75, 3.05) is 32.7 Å². The number of guanidine groups is 1. The van der Waals surface area contributed by atoms with Gasteiger partial charge in [0.2, 0.25) is 0 Å². The molecular formula is C15H33IN4. The summed E-state index contributed by atoms with van der Waals surface area (Å²) in [6.45, 7) is 14.3. The van der Waals surface area contributed by atoms with Gasteiger partial charge in [-0.2, -0.15) is 0 Å². The Labute approximate surface area is 142 Å². The SMILES string of the molecule is CCNC(=NCCCCN1CCCC1)NC(C)(C)C.I. The average molecular weight is 396 g/mol. The van der Waals surface area contributed by atoms with E-state index in [4.69, 9.17) is 0 Å². The largest absolute Gasteiger partial charge is 0.357 e. The van der Waals surface area contributed by atoms with Gasteiger partial charge >= 0.3 is 0 Å². The van der Waals surface area contributed by atoms with Crippen molar-refractivity contribution in [1.29, 1.82) is 0 Å². The third kappa shape index (κ3) is 9.80. The maximum absolute atomic E-state index is 4.64. The molecule has 0 bridgehead atoms. The normalized spacial score (nSPS) is 16.9. The molecule has 1 aliphatic heterocycles. The molecule has 1 rings (SSSR count). The van der Waals surface area contributed by atoms with Crippen LogP contribution in [0.2, 0.25) is 0 Å². The van der Waals surface area contributed by atoms with E-state index in [0.717, 1.165) is 19.0 Å². The summed E-state index contributed by atoms with van der Waals surface area (Å²) in [5.41, 5.74) is 0.0660. The molecule has 4 nitrogen and oxygen atoms in total. The fraction of sp³-hybridized carbons (Fsp3) is 0.933. The topological polar surface area (TPSA) is 39.7 Å². The number of rotatable bonds is 6. The molecule has 5 heteroatoms. The van der Waals surface area contributed by atoms with Gasteiger partial charge in [-0.1, -0.05) is 0 Å². The summed E-state index contributed by atoms with van der Waals surface area (Å²) in [5, 5.41) is 6.72. The highest BCUT2D eigenvalue weighted by Crippen LogP contribution is 2.08. The Morgan fingerprint density at radius 3 is 2.35 bits per heavy atom. The van der Waals surface area contributed by atoms with E-state index in [1.54, 1.807) is 0 Å². The minimum Gasteiger partial charge on any atom is -0.357 e. The predicted octanol–water partition coefficient (Wildman–Crippen LogP) is 2.83. The first kappa shape index (κ1) is 20.0. The third-order valence-corrected chi connectivity index (χ3v) is 3.19. The summed E-state index contributed by atoms with van der Waals surface area (Å²) in [4.78, 5) is 7.21. The second kappa shape index (κ2) is 10.7. The zero-order chi connectivity index (χ0) is 14.1. The number of halogens is 1. The lowest BCUT2D eigenvalue weighted by Crippen LogP contribution is -2.47. The summed E-state index contributed by atoms with van der Waals surface area (Å²) in [5.74, 6) is 0.941. The van der Waals surface area contributed by atoms with Gasteiger partial charge in [0.1, 0.15) is 0 Å². The van der Waals surface area contributed by atoms with Crippen molar-refractivity contribution >= 4 is 29.9 Å². The quantitative estimate of drug-likeness (QED) is 0.314. The Morgan fingerprint density at radius 2 is 1.80 bits per heavy atom. The molecule has 0 aliphatic carbocycles. The van der Waals surface area contributed by atoms with Gasteiger partial charge in [-0.25, -0.2) is 0 Å². The highest BCUT2D eigenvalue weighted by atomic mass is 127. The first-order valence-corrected chi connectivity index (χ1v) is 7.80.